The molecule has 4 rings (SSSR count). The Bertz CT molecular complexity index is 958. The molecule has 176 valence electrons. The van der Waals surface area contributed by atoms with E-state index in [1.807, 2.05) is 11.0 Å². The second kappa shape index (κ2) is 11.8. The number of benzene rings is 1. The number of thiazole rings is 1. The van der Waals surface area contributed by atoms with Crippen molar-refractivity contribution in [2.75, 3.05) is 51.6 Å². The molecule has 2 aliphatic heterocycles. The number of carbonyl (C=O) groups excluding carboxylic acids is 1. The predicted molar refractivity (Wildman–Crippen MR) is 133 cm³/mol. The van der Waals surface area contributed by atoms with E-state index in [-0.39, 0.29) is 17.6 Å². The summed E-state index contributed by atoms with van der Waals surface area (Å²) in [7, 11) is 0. The van der Waals surface area contributed by atoms with Gasteiger partial charge in [-0.25, -0.2) is 9.78 Å². The van der Waals surface area contributed by atoms with Crippen molar-refractivity contribution in [1.82, 2.24) is 19.7 Å². The molecule has 0 aliphatic carbocycles. The number of carboxylic acid groups (broad SMARTS) is 1. The first-order chi connectivity index (χ1) is 16.1. The second-order valence-electron chi connectivity index (χ2n) is 8.35. The van der Waals surface area contributed by atoms with Crippen molar-refractivity contribution in [3.8, 4) is 0 Å². The zero-order chi connectivity index (χ0) is 23.0. The van der Waals surface area contributed by atoms with E-state index in [1.165, 1.54) is 28.7 Å². The van der Waals surface area contributed by atoms with Crippen LogP contribution in [0.5, 0.6) is 0 Å². The number of carbonyl (C=O) groups is 2. The molecule has 1 N–H and O–H groups in total. The molecule has 7 nitrogen and oxygen atoms in total. The number of nitrogens with zero attached hydrogens (tertiary/aromatic N) is 4. The van der Waals surface area contributed by atoms with Crippen LogP contribution in [0.15, 0.2) is 46.1 Å². The van der Waals surface area contributed by atoms with Crippen molar-refractivity contribution in [3.63, 3.8) is 0 Å². The van der Waals surface area contributed by atoms with Crippen LogP contribution in [-0.2, 0) is 4.79 Å². The Morgan fingerprint density at radius 3 is 2.67 bits per heavy atom. The molecule has 2 aliphatic rings. The molecule has 0 unspecified atom stereocenters. The van der Waals surface area contributed by atoms with Crippen LogP contribution in [0.4, 0.5) is 0 Å². The van der Waals surface area contributed by atoms with Crippen LogP contribution in [0, 0.1) is 0 Å². The summed E-state index contributed by atoms with van der Waals surface area (Å²) in [5, 5.41) is 10.6. The lowest BCUT2D eigenvalue weighted by atomic mass is 10.2. The average molecular weight is 487 g/mol. The maximum atomic E-state index is 12.4. The molecule has 1 amide bonds. The van der Waals surface area contributed by atoms with Crippen molar-refractivity contribution in [2.45, 2.75) is 23.2 Å². The highest BCUT2D eigenvalue weighted by Crippen LogP contribution is 2.25. The van der Waals surface area contributed by atoms with E-state index >= 15 is 0 Å². The molecule has 2 fully saturated rings. The number of carboxylic acids is 1. The molecule has 2 saturated heterocycles. The minimum atomic E-state index is -1.000. The third-order valence-corrected chi connectivity index (χ3v) is 8.12. The van der Waals surface area contributed by atoms with Gasteiger partial charge in [0.2, 0.25) is 5.91 Å². The summed E-state index contributed by atoms with van der Waals surface area (Å²) < 4.78 is 0.744. The van der Waals surface area contributed by atoms with Crippen LogP contribution in [0.1, 0.15) is 28.9 Å². The Balaban J connectivity index is 1.18. The number of rotatable bonds is 10. The number of hydrogen-bond acceptors (Lipinski definition) is 7. The molecule has 3 heterocycles. The van der Waals surface area contributed by atoms with Gasteiger partial charge in [0.05, 0.1) is 0 Å². The third kappa shape index (κ3) is 6.89. The topological polar surface area (TPSA) is 77.0 Å². The largest absolute Gasteiger partial charge is 0.476 e. The average Bonchev–Trinajstić information content (AvgIpc) is 3.43. The van der Waals surface area contributed by atoms with Crippen molar-refractivity contribution < 1.29 is 14.7 Å². The number of likely N-dealkylation sites (tertiary alicyclic amines) is 1. The van der Waals surface area contributed by atoms with Gasteiger partial charge in [-0.15, -0.1) is 11.3 Å². The molecular formula is C24H30N4O3S2. The van der Waals surface area contributed by atoms with E-state index in [4.69, 9.17) is 5.11 Å². The predicted octanol–water partition coefficient (Wildman–Crippen LogP) is 3.26. The minimum Gasteiger partial charge on any atom is -0.476 e. The summed E-state index contributed by atoms with van der Waals surface area (Å²) in [6.07, 6.45) is 5.96. The summed E-state index contributed by atoms with van der Waals surface area (Å²) in [6, 6.07) is 10.7. The van der Waals surface area contributed by atoms with E-state index in [0.717, 1.165) is 55.8 Å². The Morgan fingerprint density at radius 2 is 1.94 bits per heavy atom. The number of aromatic carboxylic acids is 1. The molecule has 0 spiro atoms. The lowest BCUT2D eigenvalue weighted by Gasteiger charge is -2.37. The van der Waals surface area contributed by atoms with Gasteiger partial charge in [-0.05, 0) is 12.0 Å². The lowest BCUT2D eigenvalue weighted by molar-refractivity contribution is -0.128. The van der Waals surface area contributed by atoms with E-state index < -0.39 is 5.97 Å². The lowest BCUT2D eigenvalue weighted by Crippen LogP contribution is -2.50. The Hall–Kier alpha value is -2.20. The standard InChI is InChI=1S/C24H30N4O3S2/c29-22-9-8-20(28(22)15-16-32-24-25-21(18-33-24)23(30)31)17-27-13-11-26(12-14-27)10-4-7-19-5-2-1-3-6-19/h1-7,18,20H,8-17H2,(H,30,31)/b7-4+/t20-/m1/s1. The molecule has 2 aromatic rings. The van der Waals surface area contributed by atoms with E-state index in [9.17, 15) is 9.59 Å². The number of amides is 1. The van der Waals surface area contributed by atoms with E-state index in [2.05, 4.69) is 51.2 Å². The molecule has 0 radical (unpaired) electrons. The zero-order valence-electron chi connectivity index (χ0n) is 18.6. The molecule has 1 aromatic carbocycles. The molecular weight excluding hydrogens is 456 g/mol. The number of piperazine rings is 1. The Morgan fingerprint density at radius 1 is 1.18 bits per heavy atom. The molecule has 1 aromatic heterocycles. The van der Waals surface area contributed by atoms with Crippen LogP contribution >= 0.6 is 23.1 Å². The molecule has 1 atom stereocenters. The fourth-order valence-corrected chi connectivity index (χ4v) is 6.11. The summed E-state index contributed by atoms with van der Waals surface area (Å²) in [6.45, 7) is 6.74. The van der Waals surface area contributed by atoms with Crippen LogP contribution in [0.25, 0.3) is 6.08 Å². The van der Waals surface area contributed by atoms with Gasteiger partial charge in [0.25, 0.3) is 0 Å². The van der Waals surface area contributed by atoms with Crippen LogP contribution < -0.4 is 0 Å². The van der Waals surface area contributed by atoms with Crippen LogP contribution in [0.2, 0.25) is 0 Å². The van der Waals surface area contributed by atoms with Crippen molar-refractivity contribution in [3.05, 3.63) is 53.0 Å². The maximum absolute atomic E-state index is 12.4. The van der Waals surface area contributed by atoms with Crippen LogP contribution in [0.3, 0.4) is 0 Å². The normalized spacial score (nSPS) is 20.2. The van der Waals surface area contributed by atoms with Gasteiger partial charge in [-0.3, -0.25) is 14.6 Å². The van der Waals surface area contributed by atoms with Gasteiger partial charge in [-0.2, -0.15) is 0 Å². The SMILES string of the molecule is O=C(O)c1csc(SCCN2C(=O)CC[C@@H]2CN2CCN(C/C=C/c3ccccc3)CC2)n1. The summed E-state index contributed by atoms with van der Waals surface area (Å²) in [5.74, 6) is -0.0353. The maximum Gasteiger partial charge on any atom is 0.355 e. The summed E-state index contributed by atoms with van der Waals surface area (Å²) >= 11 is 2.87. The summed E-state index contributed by atoms with van der Waals surface area (Å²) in [4.78, 5) is 34.5. The van der Waals surface area contributed by atoms with Crippen molar-refractivity contribution in [2.24, 2.45) is 0 Å². The van der Waals surface area contributed by atoms with Gasteiger partial charge in [0.1, 0.15) is 0 Å². The highest BCUT2D eigenvalue weighted by Gasteiger charge is 2.32. The van der Waals surface area contributed by atoms with E-state index in [1.54, 1.807) is 5.38 Å². The smallest absolute Gasteiger partial charge is 0.355 e. The minimum absolute atomic E-state index is 0.0901. The molecule has 33 heavy (non-hydrogen) atoms. The first-order valence-corrected chi connectivity index (χ1v) is 13.2. The Kier molecular flexibility index (Phi) is 8.55. The first kappa shape index (κ1) is 23.9. The highest BCUT2D eigenvalue weighted by atomic mass is 32.2. The number of hydrogen-bond donors (Lipinski definition) is 1. The highest BCUT2D eigenvalue weighted by molar-refractivity contribution is 8.01. The van der Waals surface area contributed by atoms with E-state index in [0.29, 0.717) is 13.0 Å². The molecule has 9 heteroatoms. The Labute approximate surface area is 203 Å². The van der Waals surface area contributed by atoms with Gasteiger partial charge in [0, 0.05) is 69.4 Å². The van der Waals surface area contributed by atoms with Gasteiger partial charge < -0.3 is 10.0 Å². The third-order valence-electron chi connectivity index (χ3n) is 6.12. The second-order valence-corrected chi connectivity index (χ2v) is 10.5. The molecule has 0 saturated carbocycles. The van der Waals surface area contributed by atoms with Crippen molar-refractivity contribution >= 4 is 41.1 Å². The fraction of sp³-hybridized carbons (Fsp3) is 0.458. The first-order valence-electron chi connectivity index (χ1n) is 11.4. The summed E-state index contributed by atoms with van der Waals surface area (Å²) in [5.41, 5.74) is 1.32. The fourth-order valence-electron chi connectivity index (χ4n) is 4.30. The molecule has 0 bridgehead atoms. The van der Waals surface area contributed by atoms with Crippen LogP contribution in [-0.4, -0.2) is 94.3 Å². The number of thioether (sulfide) groups is 1. The quantitative estimate of drug-likeness (QED) is 0.517. The van der Waals surface area contributed by atoms with Crippen molar-refractivity contribution in [1.29, 1.82) is 0 Å². The van der Waals surface area contributed by atoms with Gasteiger partial charge >= 0.3 is 5.97 Å². The zero-order valence-corrected chi connectivity index (χ0v) is 20.3. The number of aromatic nitrogens is 1. The van der Waals surface area contributed by atoms with Gasteiger partial charge in [0.15, 0.2) is 10.0 Å². The van der Waals surface area contributed by atoms with Gasteiger partial charge in [-0.1, -0.05) is 54.2 Å². The monoisotopic (exact) mass is 486 g/mol.